The van der Waals surface area contributed by atoms with E-state index < -0.39 is 11.6 Å². The molecule has 7 nitrogen and oxygen atoms in total. The molecule has 3 rings (SSSR count). The number of aliphatic imine (C=N–C) groups is 1. The standard InChI is InChI=1S/C31H39Cl2N3O4/c1-7-25(20-8-10-21(11-9-20)28(39)34-15-13-26(37)38)36-29(40)27(22-16-23(32)18-24(33)17-22)35-31(36,6)14-12-19(2)30(3,4)5/h8-11,16-19,25H,7,12-15H2,1-6H3,(H,34,39)(H,37,38)/t19?,25-,31?/m1/s1. The van der Waals surface area contributed by atoms with E-state index in [4.69, 9.17) is 33.3 Å². The number of carbonyl (C=O) groups excluding carboxylic acids is 2. The lowest BCUT2D eigenvalue weighted by molar-refractivity contribution is -0.137. The van der Waals surface area contributed by atoms with Gasteiger partial charge in [0.2, 0.25) is 0 Å². The summed E-state index contributed by atoms with van der Waals surface area (Å²) in [7, 11) is 0. The highest BCUT2D eigenvalue weighted by atomic mass is 35.5. The van der Waals surface area contributed by atoms with Gasteiger partial charge in [-0.05, 0) is 73.4 Å². The number of amides is 2. The molecule has 40 heavy (non-hydrogen) atoms. The SMILES string of the molecule is CC[C@H](c1ccc(C(=O)NCCC(=O)O)cc1)N1C(=O)C(c2cc(Cl)cc(Cl)c2)=NC1(C)CCC(C)C(C)(C)C. The molecule has 0 fully saturated rings. The summed E-state index contributed by atoms with van der Waals surface area (Å²) in [5.74, 6) is -1.10. The minimum atomic E-state index is -0.974. The van der Waals surface area contributed by atoms with Crippen LogP contribution in [0.2, 0.25) is 10.0 Å². The van der Waals surface area contributed by atoms with E-state index in [0.717, 1.165) is 12.0 Å². The molecule has 1 aliphatic heterocycles. The zero-order valence-electron chi connectivity index (χ0n) is 24.1. The molecule has 0 aromatic heterocycles. The second-order valence-corrected chi connectivity index (χ2v) is 12.6. The number of carboxylic acids is 1. The fourth-order valence-corrected chi connectivity index (χ4v) is 5.47. The fraction of sp³-hybridized carbons (Fsp3) is 0.484. The van der Waals surface area contributed by atoms with Crippen LogP contribution in [0, 0.1) is 11.3 Å². The summed E-state index contributed by atoms with van der Waals surface area (Å²) in [6.07, 6.45) is 2.04. The van der Waals surface area contributed by atoms with Crippen molar-refractivity contribution in [3.05, 3.63) is 69.2 Å². The molecular weight excluding hydrogens is 549 g/mol. The number of nitrogens with zero attached hydrogens (tertiary/aromatic N) is 2. The minimum absolute atomic E-state index is 0.0504. The van der Waals surface area contributed by atoms with Crippen LogP contribution >= 0.6 is 23.2 Å². The van der Waals surface area contributed by atoms with Crippen molar-refractivity contribution in [3.63, 3.8) is 0 Å². The third kappa shape index (κ3) is 7.43. The number of carbonyl (C=O) groups is 3. The molecule has 2 aromatic rings. The fourth-order valence-electron chi connectivity index (χ4n) is 4.94. The molecule has 1 aliphatic rings. The number of benzene rings is 2. The summed E-state index contributed by atoms with van der Waals surface area (Å²) in [6.45, 7) is 13.0. The molecule has 0 spiro atoms. The van der Waals surface area contributed by atoms with E-state index in [1.54, 1.807) is 30.3 Å². The van der Waals surface area contributed by atoms with E-state index in [-0.39, 0.29) is 36.2 Å². The van der Waals surface area contributed by atoms with Crippen molar-refractivity contribution >= 4 is 46.7 Å². The van der Waals surface area contributed by atoms with E-state index in [0.29, 0.717) is 45.6 Å². The van der Waals surface area contributed by atoms with E-state index >= 15 is 0 Å². The number of rotatable bonds is 11. The van der Waals surface area contributed by atoms with E-state index in [1.165, 1.54) is 0 Å². The van der Waals surface area contributed by atoms with Gasteiger partial charge in [0.1, 0.15) is 11.4 Å². The van der Waals surface area contributed by atoms with Crippen molar-refractivity contribution in [2.45, 2.75) is 78.9 Å². The Bertz CT molecular complexity index is 1270. The first-order chi connectivity index (χ1) is 18.7. The zero-order chi connectivity index (χ0) is 29.8. The van der Waals surface area contributed by atoms with Crippen LogP contribution in [0.25, 0.3) is 0 Å². The molecule has 3 atom stereocenters. The van der Waals surface area contributed by atoms with E-state index in [9.17, 15) is 14.4 Å². The van der Waals surface area contributed by atoms with Crippen molar-refractivity contribution < 1.29 is 19.5 Å². The van der Waals surface area contributed by atoms with E-state index in [2.05, 4.69) is 33.0 Å². The van der Waals surface area contributed by atoms with Crippen molar-refractivity contribution in [1.29, 1.82) is 0 Å². The molecule has 0 saturated heterocycles. The second kappa shape index (κ2) is 12.7. The number of aliphatic carboxylic acids is 1. The average Bonchev–Trinajstić information content (AvgIpc) is 3.13. The highest BCUT2D eigenvalue weighted by molar-refractivity contribution is 6.47. The first-order valence-electron chi connectivity index (χ1n) is 13.7. The lowest BCUT2D eigenvalue weighted by atomic mass is 9.78. The number of carboxylic acid groups (broad SMARTS) is 1. The number of hydrogen-bond donors (Lipinski definition) is 2. The van der Waals surface area contributed by atoms with E-state index in [1.807, 2.05) is 30.9 Å². The van der Waals surface area contributed by atoms with Crippen LogP contribution in [-0.4, -0.2) is 45.7 Å². The maximum absolute atomic E-state index is 14.1. The maximum Gasteiger partial charge on any atom is 0.305 e. The van der Waals surface area contributed by atoms with Crippen LogP contribution in [0.4, 0.5) is 0 Å². The molecule has 216 valence electrons. The molecule has 1 heterocycles. The Balaban J connectivity index is 1.96. The van der Waals surface area contributed by atoms with Crippen LogP contribution in [0.5, 0.6) is 0 Å². The largest absolute Gasteiger partial charge is 0.481 e. The monoisotopic (exact) mass is 587 g/mol. The van der Waals surface area contributed by atoms with Gasteiger partial charge in [-0.3, -0.25) is 19.4 Å². The van der Waals surface area contributed by atoms with Gasteiger partial charge in [-0.15, -0.1) is 0 Å². The molecule has 9 heteroatoms. The third-order valence-electron chi connectivity index (χ3n) is 7.84. The summed E-state index contributed by atoms with van der Waals surface area (Å²) in [5, 5.41) is 12.3. The predicted molar refractivity (Wildman–Crippen MR) is 160 cm³/mol. The smallest absolute Gasteiger partial charge is 0.305 e. The Morgan fingerprint density at radius 3 is 2.23 bits per heavy atom. The lowest BCUT2D eigenvalue weighted by Gasteiger charge is -2.40. The summed E-state index contributed by atoms with van der Waals surface area (Å²) in [4.78, 5) is 44.2. The first-order valence-corrected chi connectivity index (χ1v) is 14.4. The van der Waals surface area contributed by atoms with Gasteiger partial charge >= 0.3 is 5.97 Å². The Hall–Kier alpha value is -2.90. The van der Waals surface area contributed by atoms with Gasteiger partial charge in [-0.25, -0.2) is 0 Å². The summed E-state index contributed by atoms with van der Waals surface area (Å²) in [6, 6.07) is 11.9. The Kier molecular flexibility index (Phi) is 10.1. The highest BCUT2D eigenvalue weighted by Gasteiger charge is 2.47. The molecule has 2 unspecified atom stereocenters. The van der Waals surface area contributed by atoms with Gasteiger partial charge in [0, 0.05) is 27.7 Å². The molecule has 2 amide bonds. The lowest BCUT2D eigenvalue weighted by Crippen LogP contribution is -2.47. The molecule has 0 aliphatic carbocycles. The van der Waals surface area contributed by atoms with Crippen molar-refractivity contribution in [2.75, 3.05) is 6.54 Å². The maximum atomic E-state index is 14.1. The topological polar surface area (TPSA) is 99.1 Å². The molecular formula is C31H39Cl2N3O4. The molecule has 0 radical (unpaired) electrons. The van der Waals surface area contributed by atoms with Crippen LogP contribution < -0.4 is 5.32 Å². The quantitative estimate of drug-likeness (QED) is 0.291. The van der Waals surface area contributed by atoms with Gasteiger partial charge in [-0.1, -0.05) is 70.0 Å². The van der Waals surface area contributed by atoms with Crippen LogP contribution in [0.1, 0.15) is 94.8 Å². The molecule has 2 N–H and O–H groups in total. The Labute approximate surface area is 247 Å². The van der Waals surface area contributed by atoms with Gasteiger partial charge < -0.3 is 15.3 Å². The number of hydrogen-bond acceptors (Lipinski definition) is 4. The van der Waals surface area contributed by atoms with Gasteiger partial charge in [0.05, 0.1) is 12.5 Å². The van der Waals surface area contributed by atoms with Crippen LogP contribution in [0.15, 0.2) is 47.5 Å². The summed E-state index contributed by atoms with van der Waals surface area (Å²) in [5.41, 5.74) is 1.54. The minimum Gasteiger partial charge on any atom is -0.481 e. The summed E-state index contributed by atoms with van der Waals surface area (Å²) >= 11 is 12.6. The number of nitrogens with one attached hydrogen (secondary N) is 1. The molecule has 2 aromatic carbocycles. The third-order valence-corrected chi connectivity index (χ3v) is 8.28. The van der Waals surface area contributed by atoms with Gasteiger partial charge in [-0.2, -0.15) is 0 Å². The highest BCUT2D eigenvalue weighted by Crippen LogP contribution is 2.42. The predicted octanol–water partition coefficient (Wildman–Crippen LogP) is 7.16. The molecule has 0 saturated carbocycles. The Morgan fingerprint density at radius 1 is 1.10 bits per heavy atom. The molecule has 0 bridgehead atoms. The first kappa shape index (κ1) is 31.6. The van der Waals surface area contributed by atoms with Crippen LogP contribution in [0.3, 0.4) is 0 Å². The van der Waals surface area contributed by atoms with Gasteiger partial charge in [0.25, 0.3) is 11.8 Å². The zero-order valence-corrected chi connectivity index (χ0v) is 25.6. The van der Waals surface area contributed by atoms with Crippen molar-refractivity contribution in [1.82, 2.24) is 10.2 Å². The average molecular weight is 589 g/mol. The second-order valence-electron chi connectivity index (χ2n) is 11.8. The van der Waals surface area contributed by atoms with Crippen LogP contribution in [-0.2, 0) is 9.59 Å². The normalized spacial score (nSPS) is 18.9. The van der Waals surface area contributed by atoms with Crippen molar-refractivity contribution in [3.8, 4) is 0 Å². The van der Waals surface area contributed by atoms with Crippen molar-refractivity contribution in [2.24, 2.45) is 16.3 Å². The Morgan fingerprint density at radius 2 is 1.70 bits per heavy atom. The summed E-state index contributed by atoms with van der Waals surface area (Å²) < 4.78 is 0. The van der Waals surface area contributed by atoms with Gasteiger partial charge in [0.15, 0.2) is 0 Å². The number of halogens is 2.